The second kappa shape index (κ2) is 6.68. The fourth-order valence-corrected chi connectivity index (χ4v) is 2.71. The Hall–Kier alpha value is -1.40. The van der Waals surface area contributed by atoms with Gasteiger partial charge >= 0.3 is 0 Å². The van der Waals surface area contributed by atoms with Gasteiger partial charge in [-0.25, -0.2) is 4.39 Å². The average Bonchev–Trinajstić information content (AvgIpc) is 2.83. The summed E-state index contributed by atoms with van der Waals surface area (Å²) < 4.78 is 19.4. The Morgan fingerprint density at radius 3 is 2.79 bits per heavy atom. The fourth-order valence-electron chi connectivity index (χ4n) is 1.41. The smallest absolute Gasteiger partial charge is 0.261 e. The van der Waals surface area contributed by atoms with Gasteiger partial charge in [0.25, 0.3) is 5.91 Å². The molecule has 19 heavy (non-hydrogen) atoms. The highest BCUT2D eigenvalue weighted by atomic mass is 79.9. The SMILES string of the molecule is O=C(NCCOc1ccccc1F)c1ccc(Br)s1. The summed E-state index contributed by atoms with van der Waals surface area (Å²) in [5, 5.41) is 2.71. The number of rotatable bonds is 5. The lowest BCUT2D eigenvalue weighted by Gasteiger charge is -2.07. The molecule has 0 spiro atoms. The lowest BCUT2D eigenvalue weighted by molar-refractivity contribution is 0.0951. The summed E-state index contributed by atoms with van der Waals surface area (Å²) in [6.07, 6.45) is 0. The zero-order valence-electron chi connectivity index (χ0n) is 9.86. The van der Waals surface area contributed by atoms with Gasteiger partial charge in [0.1, 0.15) is 6.61 Å². The van der Waals surface area contributed by atoms with E-state index in [1.54, 1.807) is 24.3 Å². The summed E-state index contributed by atoms with van der Waals surface area (Å²) in [7, 11) is 0. The van der Waals surface area contributed by atoms with Gasteiger partial charge in [0, 0.05) is 0 Å². The Balaban J connectivity index is 1.75. The first-order valence-corrected chi connectivity index (χ1v) is 7.18. The maximum absolute atomic E-state index is 13.2. The monoisotopic (exact) mass is 343 g/mol. The zero-order valence-corrected chi connectivity index (χ0v) is 12.3. The van der Waals surface area contributed by atoms with E-state index in [4.69, 9.17) is 4.74 Å². The third kappa shape index (κ3) is 4.04. The summed E-state index contributed by atoms with van der Waals surface area (Å²) in [4.78, 5) is 12.3. The maximum atomic E-state index is 13.2. The molecule has 2 aromatic rings. The number of amides is 1. The summed E-state index contributed by atoms with van der Waals surface area (Å²) in [5.74, 6) is -0.375. The minimum absolute atomic E-state index is 0.159. The molecule has 1 amide bonds. The number of ether oxygens (including phenoxy) is 1. The minimum atomic E-state index is -0.406. The van der Waals surface area contributed by atoms with Gasteiger partial charge in [0.2, 0.25) is 0 Å². The van der Waals surface area contributed by atoms with E-state index >= 15 is 0 Å². The predicted molar refractivity (Wildman–Crippen MR) is 76.2 cm³/mol. The minimum Gasteiger partial charge on any atom is -0.489 e. The van der Waals surface area contributed by atoms with Crippen LogP contribution < -0.4 is 10.1 Å². The normalized spacial score (nSPS) is 10.2. The van der Waals surface area contributed by atoms with Crippen molar-refractivity contribution >= 4 is 33.2 Å². The first kappa shape index (κ1) is 14.0. The highest BCUT2D eigenvalue weighted by Gasteiger charge is 2.07. The van der Waals surface area contributed by atoms with Crippen LogP contribution in [0.3, 0.4) is 0 Å². The summed E-state index contributed by atoms with van der Waals surface area (Å²) in [6.45, 7) is 0.544. The third-order valence-electron chi connectivity index (χ3n) is 2.28. The molecule has 0 bridgehead atoms. The van der Waals surface area contributed by atoms with Gasteiger partial charge in [-0.15, -0.1) is 11.3 Å². The van der Waals surface area contributed by atoms with Gasteiger partial charge in [-0.2, -0.15) is 0 Å². The molecule has 100 valence electrons. The molecule has 0 unspecified atom stereocenters. The van der Waals surface area contributed by atoms with Crippen LogP contribution in [-0.2, 0) is 0 Å². The Morgan fingerprint density at radius 1 is 1.32 bits per heavy atom. The number of nitrogens with one attached hydrogen (secondary N) is 1. The Morgan fingerprint density at radius 2 is 2.11 bits per heavy atom. The number of carbonyl (C=O) groups excluding carboxylic acids is 1. The molecule has 6 heteroatoms. The molecular weight excluding hydrogens is 333 g/mol. The van der Waals surface area contributed by atoms with E-state index in [1.165, 1.54) is 17.4 Å². The molecule has 1 heterocycles. The van der Waals surface area contributed by atoms with E-state index in [0.29, 0.717) is 11.4 Å². The molecule has 2 rings (SSSR count). The molecule has 0 radical (unpaired) electrons. The quantitative estimate of drug-likeness (QED) is 0.844. The fraction of sp³-hybridized carbons (Fsp3) is 0.154. The molecule has 0 aliphatic heterocycles. The Kier molecular flexibility index (Phi) is 4.93. The summed E-state index contributed by atoms with van der Waals surface area (Å²) >= 11 is 4.65. The first-order valence-electron chi connectivity index (χ1n) is 5.57. The molecule has 1 aromatic heterocycles. The van der Waals surface area contributed by atoms with E-state index in [0.717, 1.165) is 3.79 Å². The molecule has 3 nitrogen and oxygen atoms in total. The predicted octanol–water partition coefficient (Wildman–Crippen LogP) is 3.46. The molecule has 1 aromatic carbocycles. The van der Waals surface area contributed by atoms with Crippen molar-refractivity contribution in [3.63, 3.8) is 0 Å². The van der Waals surface area contributed by atoms with Crippen molar-refractivity contribution in [3.05, 3.63) is 50.9 Å². The Labute approximate surface area is 122 Å². The number of halogens is 2. The lowest BCUT2D eigenvalue weighted by Crippen LogP contribution is -2.27. The van der Waals surface area contributed by atoms with Crippen LogP contribution in [0.25, 0.3) is 0 Å². The van der Waals surface area contributed by atoms with E-state index < -0.39 is 5.82 Å². The standard InChI is InChI=1S/C13H11BrFNO2S/c14-12-6-5-11(19-12)13(17)16-7-8-18-10-4-2-1-3-9(10)15/h1-6H,7-8H2,(H,16,17). The van der Waals surface area contributed by atoms with Crippen LogP contribution in [0.15, 0.2) is 40.2 Å². The number of carbonyl (C=O) groups is 1. The number of hydrogen-bond acceptors (Lipinski definition) is 3. The van der Waals surface area contributed by atoms with Gasteiger partial charge in [0.05, 0.1) is 15.2 Å². The van der Waals surface area contributed by atoms with Crippen molar-refractivity contribution in [2.45, 2.75) is 0 Å². The van der Waals surface area contributed by atoms with E-state index in [9.17, 15) is 9.18 Å². The van der Waals surface area contributed by atoms with Crippen molar-refractivity contribution in [2.75, 3.05) is 13.2 Å². The van der Waals surface area contributed by atoms with Crippen molar-refractivity contribution in [1.82, 2.24) is 5.32 Å². The van der Waals surface area contributed by atoms with E-state index in [2.05, 4.69) is 21.2 Å². The second-order valence-corrected chi connectivity index (χ2v) is 6.10. The molecule has 0 aliphatic carbocycles. The summed E-state index contributed by atoms with van der Waals surface area (Å²) in [6, 6.07) is 9.72. The molecule has 0 saturated heterocycles. The number of hydrogen-bond donors (Lipinski definition) is 1. The van der Waals surface area contributed by atoms with Crippen molar-refractivity contribution in [3.8, 4) is 5.75 Å². The lowest BCUT2D eigenvalue weighted by atomic mass is 10.3. The number of benzene rings is 1. The van der Waals surface area contributed by atoms with Gasteiger partial charge in [-0.3, -0.25) is 4.79 Å². The third-order valence-corrected chi connectivity index (χ3v) is 3.90. The summed E-state index contributed by atoms with van der Waals surface area (Å²) in [5.41, 5.74) is 0. The van der Waals surface area contributed by atoms with Crippen LogP contribution in [0, 0.1) is 5.82 Å². The molecule has 0 fully saturated rings. The molecular formula is C13H11BrFNO2S. The van der Waals surface area contributed by atoms with E-state index in [1.807, 2.05) is 6.07 Å². The topological polar surface area (TPSA) is 38.3 Å². The van der Waals surface area contributed by atoms with Gasteiger partial charge in [0.15, 0.2) is 11.6 Å². The molecule has 0 atom stereocenters. The van der Waals surface area contributed by atoms with Crippen LogP contribution >= 0.6 is 27.3 Å². The zero-order chi connectivity index (χ0) is 13.7. The number of para-hydroxylation sites is 1. The van der Waals surface area contributed by atoms with Crippen LogP contribution in [0.1, 0.15) is 9.67 Å². The highest BCUT2D eigenvalue weighted by Crippen LogP contribution is 2.21. The van der Waals surface area contributed by atoms with Gasteiger partial charge in [-0.1, -0.05) is 12.1 Å². The maximum Gasteiger partial charge on any atom is 0.261 e. The molecule has 1 N–H and O–H groups in total. The Bertz CT molecular complexity index is 573. The molecule has 0 saturated carbocycles. The van der Waals surface area contributed by atoms with Crippen molar-refractivity contribution in [2.24, 2.45) is 0 Å². The van der Waals surface area contributed by atoms with Crippen molar-refractivity contribution < 1.29 is 13.9 Å². The van der Waals surface area contributed by atoms with E-state index in [-0.39, 0.29) is 18.3 Å². The average molecular weight is 344 g/mol. The van der Waals surface area contributed by atoms with Crippen LogP contribution in [-0.4, -0.2) is 19.1 Å². The van der Waals surface area contributed by atoms with Crippen molar-refractivity contribution in [1.29, 1.82) is 0 Å². The number of thiophene rings is 1. The largest absolute Gasteiger partial charge is 0.489 e. The van der Waals surface area contributed by atoms with Gasteiger partial charge < -0.3 is 10.1 Å². The van der Waals surface area contributed by atoms with Crippen LogP contribution in [0.2, 0.25) is 0 Å². The first-order chi connectivity index (χ1) is 9.16. The van der Waals surface area contributed by atoms with Gasteiger partial charge in [-0.05, 0) is 40.2 Å². The van der Waals surface area contributed by atoms with Crippen LogP contribution in [0.5, 0.6) is 5.75 Å². The van der Waals surface area contributed by atoms with Crippen LogP contribution in [0.4, 0.5) is 4.39 Å². The highest BCUT2D eigenvalue weighted by molar-refractivity contribution is 9.11. The molecule has 0 aliphatic rings. The second-order valence-electron chi connectivity index (χ2n) is 3.64.